The second kappa shape index (κ2) is 5.45. The molecule has 1 fully saturated rings. The van der Waals surface area contributed by atoms with Crippen LogP contribution in [0.2, 0.25) is 0 Å². The monoisotopic (exact) mass is 311 g/mol. The Kier molecular flexibility index (Phi) is 3.41. The maximum absolute atomic E-state index is 5.21. The largest absolute Gasteiger partial charge is 0.338 e. The van der Waals surface area contributed by atoms with Crippen LogP contribution in [-0.2, 0) is 6.54 Å². The fourth-order valence-corrected chi connectivity index (χ4v) is 3.28. The van der Waals surface area contributed by atoms with Gasteiger partial charge in [0.05, 0.1) is 23.6 Å². The number of aromatic nitrogens is 4. The summed E-state index contributed by atoms with van der Waals surface area (Å²) in [5, 5.41) is 3.85. The molecule has 120 valence electrons. The molecule has 0 atom stereocenters. The van der Waals surface area contributed by atoms with E-state index in [0.29, 0.717) is 23.7 Å². The Balaban J connectivity index is 1.55. The molecule has 6 heteroatoms. The van der Waals surface area contributed by atoms with Gasteiger partial charge in [0.2, 0.25) is 5.89 Å². The van der Waals surface area contributed by atoms with Gasteiger partial charge in [-0.1, -0.05) is 31.1 Å². The minimum absolute atomic E-state index is 0.412. The summed E-state index contributed by atoms with van der Waals surface area (Å²) < 4.78 is 7.62. The molecule has 4 rings (SSSR count). The highest BCUT2D eigenvalue weighted by Gasteiger charge is 2.32. The Hall–Kier alpha value is -2.21. The second-order valence-electron chi connectivity index (χ2n) is 6.57. The Morgan fingerprint density at radius 3 is 2.70 bits per heavy atom. The van der Waals surface area contributed by atoms with Crippen molar-refractivity contribution in [2.45, 2.75) is 39.3 Å². The van der Waals surface area contributed by atoms with Crippen LogP contribution in [0.1, 0.15) is 43.3 Å². The third kappa shape index (κ3) is 2.53. The molecule has 23 heavy (non-hydrogen) atoms. The molecule has 0 radical (unpaired) electrons. The van der Waals surface area contributed by atoms with E-state index in [4.69, 9.17) is 9.51 Å². The SMILES string of the molecule is Cc1noc(CN2CC(n3c(C(C)C)nc4ccccc43)C2)n1. The maximum atomic E-state index is 5.21. The van der Waals surface area contributed by atoms with Crippen LogP contribution in [0.5, 0.6) is 0 Å². The van der Waals surface area contributed by atoms with E-state index >= 15 is 0 Å². The third-order valence-electron chi connectivity index (χ3n) is 4.37. The molecule has 6 nitrogen and oxygen atoms in total. The first-order valence-electron chi connectivity index (χ1n) is 8.10. The van der Waals surface area contributed by atoms with Crippen LogP contribution < -0.4 is 0 Å². The first kappa shape index (κ1) is 14.4. The third-order valence-corrected chi connectivity index (χ3v) is 4.37. The Bertz CT molecular complexity index is 828. The number of nitrogens with zero attached hydrogens (tertiary/aromatic N) is 5. The van der Waals surface area contributed by atoms with Gasteiger partial charge in [-0.15, -0.1) is 0 Å². The van der Waals surface area contributed by atoms with E-state index in [1.54, 1.807) is 0 Å². The van der Waals surface area contributed by atoms with E-state index in [1.165, 1.54) is 11.3 Å². The highest BCUT2D eigenvalue weighted by molar-refractivity contribution is 5.76. The van der Waals surface area contributed by atoms with Gasteiger partial charge in [0, 0.05) is 19.0 Å². The molecule has 0 spiro atoms. The summed E-state index contributed by atoms with van der Waals surface area (Å²) in [7, 11) is 0. The van der Waals surface area contributed by atoms with Crippen molar-refractivity contribution in [2.75, 3.05) is 13.1 Å². The predicted molar refractivity (Wildman–Crippen MR) is 87.2 cm³/mol. The zero-order chi connectivity index (χ0) is 16.0. The van der Waals surface area contributed by atoms with Crippen molar-refractivity contribution >= 4 is 11.0 Å². The van der Waals surface area contributed by atoms with Gasteiger partial charge in [0.25, 0.3) is 0 Å². The lowest BCUT2D eigenvalue weighted by Gasteiger charge is -2.40. The average Bonchev–Trinajstić information content (AvgIpc) is 3.06. The first-order chi connectivity index (χ1) is 11.1. The molecule has 0 unspecified atom stereocenters. The van der Waals surface area contributed by atoms with Gasteiger partial charge in [0.15, 0.2) is 5.82 Å². The van der Waals surface area contributed by atoms with E-state index in [-0.39, 0.29) is 0 Å². The van der Waals surface area contributed by atoms with E-state index in [1.807, 2.05) is 6.92 Å². The summed E-state index contributed by atoms with van der Waals surface area (Å²) in [6.45, 7) is 8.95. The van der Waals surface area contributed by atoms with Gasteiger partial charge in [0.1, 0.15) is 5.82 Å². The molecule has 0 saturated carbocycles. The normalized spacial score (nSPS) is 16.3. The molecular formula is C17H21N5O. The fraction of sp³-hybridized carbons (Fsp3) is 0.471. The van der Waals surface area contributed by atoms with Crippen LogP contribution in [-0.4, -0.2) is 37.7 Å². The number of rotatable bonds is 4. The standard InChI is InChI=1S/C17H21N5O/c1-11(2)17-19-14-6-4-5-7-15(14)22(17)13-8-21(9-13)10-16-18-12(3)20-23-16/h4-7,11,13H,8-10H2,1-3H3. The molecule has 1 aromatic carbocycles. The van der Waals surface area contributed by atoms with Gasteiger partial charge in [-0.25, -0.2) is 4.98 Å². The summed E-state index contributed by atoms with van der Waals surface area (Å²) in [6, 6.07) is 8.86. The Labute approximate surface area is 135 Å². The quantitative estimate of drug-likeness (QED) is 0.741. The van der Waals surface area contributed by atoms with E-state index in [0.717, 1.165) is 25.2 Å². The minimum atomic E-state index is 0.412. The summed E-state index contributed by atoms with van der Waals surface area (Å²) >= 11 is 0. The van der Waals surface area contributed by atoms with Crippen LogP contribution in [0.15, 0.2) is 28.8 Å². The van der Waals surface area contributed by atoms with Crippen LogP contribution in [0.4, 0.5) is 0 Å². The van der Waals surface area contributed by atoms with E-state index in [2.05, 4.69) is 57.7 Å². The molecule has 3 heterocycles. The average molecular weight is 311 g/mol. The van der Waals surface area contributed by atoms with Crippen molar-refractivity contribution in [3.05, 3.63) is 41.8 Å². The molecule has 2 aromatic heterocycles. The topological polar surface area (TPSA) is 60.0 Å². The van der Waals surface area contributed by atoms with Crippen LogP contribution in [0.25, 0.3) is 11.0 Å². The van der Waals surface area contributed by atoms with Crippen LogP contribution >= 0.6 is 0 Å². The number of likely N-dealkylation sites (tertiary alicyclic amines) is 1. The van der Waals surface area contributed by atoms with Crippen molar-refractivity contribution in [1.29, 1.82) is 0 Å². The summed E-state index contributed by atoms with van der Waals surface area (Å²) in [4.78, 5) is 11.4. The Morgan fingerprint density at radius 1 is 1.22 bits per heavy atom. The summed E-state index contributed by atoms with van der Waals surface area (Å²) in [5.74, 6) is 2.97. The molecule has 1 saturated heterocycles. The fourth-order valence-electron chi connectivity index (χ4n) is 3.28. The highest BCUT2D eigenvalue weighted by atomic mass is 16.5. The first-order valence-corrected chi connectivity index (χ1v) is 8.10. The van der Waals surface area contributed by atoms with Gasteiger partial charge in [-0.2, -0.15) is 4.98 Å². The van der Waals surface area contributed by atoms with E-state index in [9.17, 15) is 0 Å². The molecule has 0 aliphatic carbocycles. The smallest absolute Gasteiger partial charge is 0.240 e. The second-order valence-corrected chi connectivity index (χ2v) is 6.57. The van der Waals surface area contributed by atoms with Crippen LogP contribution in [0.3, 0.4) is 0 Å². The van der Waals surface area contributed by atoms with Gasteiger partial charge >= 0.3 is 0 Å². The number of benzene rings is 1. The van der Waals surface area contributed by atoms with Crippen molar-refractivity contribution in [1.82, 2.24) is 24.6 Å². The number of hydrogen-bond acceptors (Lipinski definition) is 5. The molecule has 0 N–H and O–H groups in total. The lowest BCUT2D eigenvalue weighted by atomic mass is 10.1. The molecule has 3 aromatic rings. The number of aryl methyl sites for hydroxylation is 1. The van der Waals surface area contributed by atoms with Crippen molar-refractivity contribution in [3.63, 3.8) is 0 Å². The maximum Gasteiger partial charge on any atom is 0.240 e. The molecule has 0 amide bonds. The number of fused-ring (bicyclic) bond motifs is 1. The lowest BCUT2D eigenvalue weighted by Crippen LogP contribution is -2.47. The highest BCUT2D eigenvalue weighted by Crippen LogP contribution is 2.31. The summed E-state index contributed by atoms with van der Waals surface area (Å²) in [5.41, 5.74) is 2.32. The molecule has 0 bridgehead atoms. The predicted octanol–water partition coefficient (Wildman–Crippen LogP) is 2.91. The van der Waals surface area contributed by atoms with Gasteiger partial charge in [-0.05, 0) is 19.1 Å². The van der Waals surface area contributed by atoms with Crippen molar-refractivity contribution in [2.24, 2.45) is 0 Å². The van der Waals surface area contributed by atoms with Gasteiger partial charge in [-0.3, -0.25) is 4.90 Å². The van der Waals surface area contributed by atoms with Crippen LogP contribution in [0, 0.1) is 6.92 Å². The van der Waals surface area contributed by atoms with Crippen molar-refractivity contribution < 1.29 is 4.52 Å². The van der Waals surface area contributed by atoms with Gasteiger partial charge < -0.3 is 9.09 Å². The zero-order valence-corrected chi connectivity index (χ0v) is 13.7. The Morgan fingerprint density at radius 2 is 2.00 bits per heavy atom. The van der Waals surface area contributed by atoms with E-state index < -0.39 is 0 Å². The molecule has 1 aliphatic heterocycles. The number of para-hydroxylation sites is 2. The molecule has 1 aliphatic rings. The van der Waals surface area contributed by atoms with Crippen molar-refractivity contribution in [3.8, 4) is 0 Å². The molecular weight excluding hydrogens is 290 g/mol. The summed E-state index contributed by atoms with van der Waals surface area (Å²) in [6.07, 6.45) is 0. The lowest BCUT2D eigenvalue weighted by molar-refractivity contribution is 0.0863. The number of hydrogen-bond donors (Lipinski definition) is 0. The zero-order valence-electron chi connectivity index (χ0n) is 13.7. The minimum Gasteiger partial charge on any atom is -0.338 e. The number of imidazole rings is 1.